The van der Waals surface area contributed by atoms with Gasteiger partial charge in [0.1, 0.15) is 0 Å². The zero-order chi connectivity index (χ0) is 11.7. The van der Waals surface area contributed by atoms with Crippen molar-refractivity contribution in [3.63, 3.8) is 0 Å². The molecule has 0 spiro atoms. The minimum Gasteiger partial charge on any atom is -0.307 e. The Morgan fingerprint density at radius 3 is 2.94 bits per heavy atom. The smallest absolute Gasteiger partial charge is 0.0859 e. The second-order valence-corrected chi connectivity index (χ2v) is 5.71. The molecule has 86 valence electrons. The lowest BCUT2D eigenvalue weighted by Gasteiger charge is -2.12. The van der Waals surface area contributed by atoms with Crippen LogP contribution in [0.2, 0.25) is 0 Å². The third-order valence-corrected chi connectivity index (χ3v) is 4.77. The van der Waals surface area contributed by atoms with Gasteiger partial charge >= 0.3 is 0 Å². The Balaban J connectivity index is 2.03. The van der Waals surface area contributed by atoms with E-state index in [1.165, 1.54) is 14.3 Å². The van der Waals surface area contributed by atoms with E-state index in [9.17, 15) is 0 Å². The monoisotopic (exact) mass is 261 g/mol. The lowest BCUT2D eigenvalue weighted by molar-refractivity contribution is 0.678. The molecule has 3 aromatic heterocycles. The van der Waals surface area contributed by atoms with E-state index in [1.54, 1.807) is 23.7 Å². The number of nitrogens with zero attached hydrogens (tertiary/aromatic N) is 2. The molecule has 1 unspecified atom stereocenters. The molecule has 1 atom stereocenters. The van der Waals surface area contributed by atoms with E-state index in [0.29, 0.717) is 0 Å². The van der Waals surface area contributed by atoms with Crippen LogP contribution in [0.4, 0.5) is 0 Å². The molecule has 5 heteroatoms. The van der Waals surface area contributed by atoms with E-state index in [4.69, 9.17) is 0 Å². The Bertz CT molecular complexity index is 586. The first kappa shape index (κ1) is 10.8. The largest absolute Gasteiger partial charge is 0.307 e. The van der Waals surface area contributed by atoms with Crippen LogP contribution in [0.3, 0.4) is 0 Å². The molecule has 3 rings (SSSR count). The molecule has 0 bridgehead atoms. The molecular formula is C12H11N3S2. The van der Waals surface area contributed by atoms with Gasteiger partial charge in [0.2, 0.25) is 0 Å². The minimum atomic E-state index is 0.133. The molecule has 0 aromatic carbocycles. The fourth-order valence-corrected chi connectivity index (χ4v) is 4.07. The van der Waals surface area contributed by atoms with E-state index in [-0.39, 0.29) is 6.04 Å². The molecule has 0 saturated carbocycles. The first-order valence-corrected chi connectivity index (χ1v) is 6.98. The third-order valence-electron chi connectivity index (χ3n) is 2.61. The number of nitrogens with one attached hydrogen (secondary N) is 1. The highest BCUT2D eigenvalue weighted by Crippen LogP contribution is 2.34. The summed E-state index contributed by atoms with van der Waals surface area (Å²) >= 11 is 3.59. The van der Waals surface area contributed by atoms with Gasteiger partial charge in [-0.25, -0.2) is 0 Å². The highest BCUT2D eigenvalue weighted by Gasteiger charge is 2.16. The predicted molar refractivity (Wildman–Crippen MR) is 72.6 cm³/mol. The molecule has 3 heterocycles. The van der Waals surface area contributed by atoms with Crippen LogP contribution >= 0.6 is 22.7 Å². The standard InChI is InChI=1S/C12H11N3S2/c1-13-12(8-7-14-3-4-15-8)11-6-10-9(17-11)2-5-16-10/h2-7,12-13H,1H3. The minimum absolute atomic E-state index is 0.133. The fourth-order valence-electron chi connectivity index (χ4n) is 1.82. The summed E-state index contributed by atoms with van der Waals surface area (Å²) in [5.74, 6) is 0. The summed E-state index contributed by atoms with van der Waals surface area (Å²) in [4.78, 5) is 9.78. The van der Waals surface area contributed by atoms with Gasteiger partial charge in [-0.3, -0.25) is 9.97 Å². The molecule has 3 nitrogen and oxygen atoms in total. The van der Waals surface area contributed by atoms with Crippen LogP contribution in [-0.2, 0) is 0 Å². The van der Waals surface area contributed by atoms with Gasteiger partial charge in [0.05, 0.1) is 17.9 Å². The van der Waals surface area contributed by atoms with Crippen molar-refractivity contribution in [2.24, 2.45) is 0 Å². The molecular weight excluding hydrogens is 250 g/mol. The van der Waals surface area contributed by atoms with E-state index in [0.717, 1.165) is 5.69 Å². The number of fused-ring (bicyclic) bond motifs is 1. The van der Waals surface area contributed by atoms with Gasteiger partial charge in [-0.15, -0.1) is 22.7 Å². The van der Waals surface area contributed by atoms with E-state index in [2.05, 4.69) is 32.8 Å². The summed E-state index contributed by atoms with van der Waals surface area (Å²) in [6.45, 7) is 0. The van der Waals surface area contributed by atoms with Crippen molar-refractivity contribution < 1.29 is 0 Å². The third kappa shape index (κ3) is 1.97. The highest BCUT2D eigenvalue weighted by atomic mass is 32.1. The number of thiophene rings is 2. The molecule has 0 fully saturated rings. The summed E-state index contributed by atoms with van der Waals surface area (Å²) in [5, 5.41) is 5.42. The zero-order valence-electron chi connectivity index (χ0n) is 9.25. The normalized spacial score (nSPS) is 13.0. The number of hydrogen-bond acceptors (Lipinski definition) is 5. The van der Waals surface area contributed by atoms with Crippen LogP contribution in [0.1, 0.15) is 16.6 Å². The molecule has 0 amide bonds. The van der Waals surface area contributed by atoms with E-state index in [1.807, 2.05) is 24.6 Å². The van der Waals surface area contributed by atoms with Crippen LogP contribution in [0.5, 0.6) is 0 Å². The summed E-state index contributed by atoms with van der Waals surface area (Å²) in [5.41, 5.74) is 0.962. The average Bonchev–Trinajstić information content (AvgIpc) is 2.92. The maximum atomic E-state index is 4.37. The van der Waals surface area contributed by atoms with Crippen LogP contribution in [-0.4, -0.2) is 17.0 Å². The van der Waals surface area contributed by atoms with Crippen LogP contribution in [0.15, 0.2) is 36.1 Å². The van der Waals surface area contributed by atoms with Crippen LogP contribution < -0.4 is 5.32 Å². The maximum Gasteiger partial charge on any atom is 0.0859 e. The Morgan fingerprint density at radius 1 is 1.29 bits per heavy atom. The van der Waals surface area contributed by atoms with Crippen molar-refractivity contribution in [3.8, 4) is 0 Å². The van der Waals surface area contributed by atoms with Gasteiger partial charge < -0.3 is 5.32 Å². The van der Waals surface area contributed by atoms with Gasteiger partial charge in [-0.2, -0.15) is 0 Å². The molecule has 3 aromatic rings. The molecule has 0 aliphatic carbocycles. The van der Waals surface area contributed by atoms with Crippen molar-refractivity contribution in [3.05, 3.63) is 46.7 Å². The van der Waals surface area contributed by atoms with Crippen LogP contribution in [0.25, 0.3) is 9.40 Å². The van der Waals surface area contributed by atoms with Gasteiger partial charge in [0.15, 0.2) is 0 Å². The average molecular weight is 261 g/mol. The number of hydrogen-bond donors (Lipinski definition) is 1. The van der Waals surface area contributed by atoms with Crippen molar-refractivity contribution in [1.82, 2.24) is 15.3 Å². The van der Waals surface area contributed by atoms with Gasteiger partial charge in [-0.05, 0) is 24.6 Å². The summed E-state index contributed by atoms with van der Waals surface area (Å²) in [6, 6.07) is 4.53. The summed E-state index contributed by atoms with van der Waals surface area (Å²) in [7, 11) is 1.95. The van der Waals surface area contributed by atoms with Crippen LogP contribution in [0, 0.1) is 0 Å². The second kappa shape index (κ2) is 4.52. The Kier molecular flexibility index (Phi) is 2.88. The SMILES string of the molecule is CNC(c1cnccn1)c1cc2sccc2s1. The first-order chi connectivity index (χ1) is 8.38. The topological polar surface area (TPSA) is 37.8 Å². The first-order valence-electron chi connectivity index (χ1n) is 5.28. The van der Waals surface area contributed by atoms with Crippen molar-refractivity contribution in [2.45, 2.75) is 6.04 Å². The Labute approximate surface area is 107 Å². The zero-order valence-corrected chi connectivity index (χ0v) is 10.9. The molecule has 0 aliphatic heterocycles. The van der Waals surface area contributed by atoms with E-state index < -0.39 is 0 Å². The van der Waals surface area contributed by atoms with Crippen molar-refractivity contribution in [1.29, 1.82) is 0 Å². The molecule has 17 heavy (non-hydrogen) atoms. The van der Waals surface area contributed by atoms with E-state index >= 15 is 0 Å². The Hall–Kier alpha value is -1.30. The number of rotatable bonds is 3. The van der Waals surface area contributed by atoms with Gasteiger partial charge in [0.25, 0.3) is 0 Å². The lowest BCUT2D eigenvalue weighted by atomic mass is 10.2. The fraction of sp³-hybridized carbons (Fsp3) is 0.167. The molecule has 0 aliphatic rings. The molecule has 0 radical (unpaired) electrons. The Morgan fingerprint density at radius 2 is 2.24 bits per heavy atom. The highest BCUT2D eigenvalue weighted by molar-refractivity contribution is 7.27. The molecule has 1 N–H and O–H groups in total. The summed E-state index contributed by atoms with van der Waals surface area (Å²) < 4.78 is 2.68. The molecule has 0 saturated heterocycles. The van der Waals surface area contributed by atoms with Gasteiger partial charge in [0, 0.05) is 26.7 Å². The lowest BCUT2D eigenvalue weighted by Crippen LogP contribution is -2.17. The van der Waals surface area contributed by atoms with Crippen molar-refractivity contribution >= 4 is 32.1 Å². The summed E-state index contributed by atoms with van der Waals surface area (Å²) in [6.07, 6.45) is 5.24. The predicted octanol–water partition coefficient (Wildman–Crippen LogP) is 3.06. The maximum absolute atomic E-state index is 4.37. The van der Waals surface area contributed by atoms with Crippen molar-refractivity contribution in [2.75, 3.05) is 7.05 Å². The number of aromatic nitrogens is 2. The second-order valence-electron chi connectivity index (χ2n) is 3.65. The quantitative estimate of drug-likeness (QED) is 0.787. The van der Waals surface area contributed by atoms with Gasteiger partial charge in [-0.1, -0.05) is 0 Å².